The lowest BCUT2D eigenvalue weighted by atomic mass is 9.87. The summed E-state index contributed by atoms with van der Waals surface area (Å²) >= 11 is 1.74. The Morgan fingerprint density at radius 1 is 0.892 bits per heavy atom. The molecule has 6 rings (SSSR count). The molecule has 3 heterocycles. The summed E-state index contributed by atoms with van der Waals surface area (Å²) in [5.74, 6) is 1.37. The number of nitrogens with zero attached hydrogens (tertiary/aromatic N) is 2. The second-order valence-electron chi connectivity index (χ2n) is 10.6. The normalized spacial score (nSPS) is 21.1. The van der Waals surface area contributed by atoms with Crippen molar-refractivity contribution >= 4 is 28.0 Å². The third-order valence-corrected chi connectivity index (χ3v) is 9.17. The maximum Gasteiger partial charge on any atom is 0.254 e. The molecular weight excluding hydrogens is 479 g/mol. The molecule has 0 spiro atoms. The van der Waals surface area contributed by atoms with Gasteiger partial charge in [-0.05, 0) is 108 Å². The average molecular weight is 513 g/mol. The molecule has 2 aliphatic heterocycles. The summed E-state index contributed by atoms with van der Waals surface area (Å²) in [5.41, 5.74) is 3.45. The Bertz CT molecular complexity index is 1340. The van der Waals surface area contributed by atoms with E-state index in [-0.39, 0.29) is 11.7 Å². The number of halogens is 1. The fraction of sp³-hybridized carbons (Fsp3) is 0.344. The lowest BCUT2D eigenvalue weighted by molar-refractivity contribution is 0.0786. The molecule has 3 nitrogen and oxygen atoms in total. The van der Waals surface area contributed by atoms with Gasteiger partial charge in [0.15, 0.2) is 0 Å². The van der Waals surface area contributed by atoms with Gasteiger partial charge < -0.3 is 9.80 Å². The van der Waals surface area contributed by atoms with Gasteiger partial charge in [0.25, 0.3) is 5.91 Å². The summed E-state index contributed by atoms with van der Waals surface area (Å²) in [4.78, 5) is 18.4. The van der Waals surface area contributed by atoms with Crippen molar-refractivity contribution in [3.63, 3.8) is 0 Å². The first-order valence-electron chi connectivity index (χ1n) is 13.4. The van der Waals surface area contributed by atoms with E-state index in [0.29, 0.717) is 17.8 Å². The molecule has 0 saturated carbocycles. The SMILES string of the molecule is O=C(c1cccc2ccccc12)N1CC(CCN2CCC(c3ccc(F)cc3)CC2)C(c2ccsc2)C1. The molecule has 2 atom stereocenters. The van der Waals surface area contributed by atoms with Gasteiger partial charge >= 0.3 is 0 Å². The van der Waals surface area contributed by atoms with Crippen molar-refractivity contribution in [1.82, 2.24) is 9.80 Å². The molecule has 2 saturated heterocycles. The Morgan fingerprint density at radius 2 is 1.68 bits per heavy atom. The van der Waals surface area contributed by atoms with Gasteiger partial charge in [-0.3, -0.25) is 4.79 Å². The van der Waals surface area contributed by atoms with Gasteiger partial charge in [-0.15, -0.1) is 0 Å². The van der Waals surface area contributed by atoms with Crippen molar-refractivity contribution in [2.75, 3.05) is 32.7 Å². The van der Waals surface area contributed by atoms with Gasteiger partial charge in [0.05, 0.1) is 0 Å². The van der Waals surface area contributed by atoms with Crippen LogP contribution >= 0.6 is 11.3 Å². The Balaban J connectivity index is 1.12. The number of thiophene rings is 1. The molecule has 0 aliphatic carbocycles. The number of carbonyl (C=O) groups excluding carboxylic acids is 1. The quantitative estimate of drug-likeness (QED) is 0.274. The van der Waals surface area contributed by atoms with Crippen LogP contribution in [0.25, 0.3) is 10.8 Å². The maximum atomic E-state index is 13.7. The Hall–Kier alpha value is -3.02. The number of fused-ring (bicyclic) bond motifs is 1. The number of hydrogen-bond donors (Lipinski definition) is 0. The highest BCUT2D eigenvalue weighted by atomic mass is 32.1. The Morgan fingerprint density at radius 3 is 2.46 bits per heavy atom. The van der Waals surface area contributed by atoms with E-state index in [0.717, 1.165) is 68.3 Å². The molecule has 1 aromatic heterocycles. The Kier molecular flexibility index (Phi) is 7.08. The first-order chi connectivity index (χ1) is 18.2. The van der Waals surface area contributed by atoms with Crippen LogP contribution in [0.5, 0.6) is 0 Å². The van der Waals surface area contributed by atoms with Crippen LogP contribution < -0.4 is 0 Å². The third-order valence-electron chi connectivity index (χ3n) is 8.46. The monoisotopic (exact) mass is 512 g/mol. The van der Waals surface area contributed by atoms with E-state index < -0.39 is 0 Å². The molecule has 2 aliphatic rings. The fourth-order valence-corrected chi connectivity index (χ4v) is 7.07. The van der Waals surface area contributed by atoms with E-state index in [2.05, 4.69) is 44.8 Å². The highest BCUT2D eigenvalue weighted by Gasteiger charge is 2.37. The molecule has 37 heavy (non-hydrogen) atoms. The summed E-state index contributed by atoms with van der Waals surface area (Å²) < 4.78 is 13.3. The van der Waals surface area contributed by atoms with E-state index in [1.165, 1.54) is 11.1 Å². The zero-order valence-electron chi connectivity index (χ0n) is 21.1. The number of hydrogen-bond acceptors (Lipinski definition) is 3. The summed E-state index contributed by atoms with van der Waals surface area (Å²) in [7, 11) is 0. The number of likely N-dealkylation sites (tertiary alicyclic amines) is 2. The number of rotatable bonds is 6. The van der Waals surface area contributed by atoms with E-state index in [1.54, 1.807) is 23.5 Å². The van der Waals surface area contributed by atoms with Crippen LogP contribution in [-0.2, 0) is 0 Å². The number of amides is 1. The van der Waals surface area contributed by atoms with Gasteiger partial charge in [0.1, 0.15) is 5.82 Å². The minimum absolute atomic E-state index is 0.152. The highest BCUT2D eigenvalue weighted by Crippen LogP contribution is 2.38. The van der Waals surface area contributed by atoms with E-state index in [9.17, 15) is 9.18 Å². The molecule has 0 bridgehead atoms. The Labute approximate surface area is 222 Å². The van der Waals surface area contributed by atoms with Crippen molar-refractivity contribution in [3.05, 3.63) is 106 Å². The molecule has 0 N–H and O–H groups in total. The molecular formula is C32H33FN2OS. The van der Waals surface area contributed by atoms with Crippen molar-refractivity contribution in [2.24, 2.45) is 5.92 Å². The fourth-order valence-electron chi connectivity index (χ4n) is 6.35. The van der Waals surface area contributed by atoms with Gasteiger partial charge in [0.2, 0.25) is 0 Å². The molecule has 2 fully saturated rings. The van der Waals surface area contributed by atoms with Crippen molar-refractivity contribution < 1.29 is 9.18 Å². The van der Waals surface area contributed by atoms with Crippen LogP contribution in [0.1, 0.15) is 52.6 Å². The van der Waals surface area contributed by atoms with Gasteiger partial charge in [-0.1, -0.05) is 48.5 Å². The topological polar surface area (TPSA) is 23.6 Å². The van der Waals surface area contributed by atoms with E-state index in [4.69, 9.17) is 0 Å². The van der Waals surface area contributed by atoms with Crippen LogP contribution in [-0.4, -0.2) is 48.4 Å². The lowest BCUT2D eigenvalue weighted by Crippen LogP contribution is -2.35. The first kappa shape index (κ1) is 24.3. The van der Waals surface area contributed by atoms with Crippen LogP contribution in [0.2, 0.25) is 0 Å². The standard InChI is InChI=1S/C32H33FN2OS/c33-28-10-8-23(9-11-28)24-12-16-34(17-13-24)18-14-26-20-35(21-31(26)27-15-19-37-22-27)32(36)30-7-3-5-25-4-1-2-6-29(25)30/h1-11,15,19,22,24,26,31H,12-14,16-18,20-21H2. The highest BCUT2D eigenvalue weighted by molar-refractivity contribution is 7.08. The molecule has 3 aromatic carbocycles. The summed E-state index contributed by atoms with van der Waals surface area (Å²) in [6.45, 7) is 4.83. The average Bonchev–Trinajstić information content (AvgIpc) is 3.62. The zero-order valence-corrected chi connectivity index (χ0v) is 21.9. The zero-order chi connectivity index (χ0) is 25.2. The summed E-state index contributed by atoms with van der Waals surface area (Å²) in [6, 6.07) is 23.5. The molecule has 5 heteroatoms. The third kappa shape index (κ3) is 5.21. The second kappa shape index (κ2) is 10.8. The van der Waals surface area contributed by atoms with E-state index in [1.807, 2.05) is 36.4 Å². The number of carbonyl (C=O) groups is 1. The molecule has 1 amide bonds. The predicted octanol–water partition coefficient (Wildman–Crippen LogP) is 7.17. The van der Waals surface area contributed by atoms with Gasteiger partial charge in [0, 0.05) is 24.6 Å². The molecule has 190 valence electrons. The molecule has 2 unspecified atom stereocenters. The van der Waals surface area contributed by atoms with E-state index >= 15 is 0 Å². The predicted molar refractivity (Wildman–Crippen MR) is 150 cm³/mol. The minimum Gasteiger partial charge on any atom is -0.338 e. The summed E-state index contributed by atoms with van der Waals surface area (Å²) in [5, 5.41) is 6.57. The summed E-state index contributed by atoms with van der Waals surface area (Å²) in [6.07, 6.45) is 3.34. The maximum absolute atomic E-state index is 13.7. The van der Waals surface area contributed by atoms with Crippen LogP contribution in [0.3, 0.4) is 0 Å². The molecule has 0 radical (unpaired) electrons. The largest absolute Gasteiger partial charge is 0.338 e. The van der Waals surface area contributed by atoms with Crippen LogP contribution in [0.15, 0.2) is 83.6 Å². The van der Waals surface area contributed by atoms with Crippen LogP contribution in [0, 0.1) is 11.7 Å². The molecule has 4 aromatic rings. The number of piperidine rings is 1. The smallest absolute Gasteiger partial charge is 0.254 e. The van der Waals surface area contributed by atoms with Crippen molar-refractivity contribution in [1.29, 1.82) is 0 Å². The van der Waals surface area contributed by atoms with Gasteiger partial charge in [-0.2, -0.15) is 11.3 Å². The second-order valence-corrected chi connectivity index (χ2v) is 11.4. The lowest BCUT2D eigenvalue weighted by Gasteiger charge is -2.33. The number of benzene rings is 3. The first-order valence-corrected chi connectivity index (χ1v) is 14.4. The van der Waals surface area contributed by atoms with Crippen molar-refractivity contribution in [2.45, 2.75) is 31.1 Å². The van der Waals surface area contributed by atoms with Crippen LogP contribution in [0.4, 0.5) is 4.39 Å². The minimum atomic E-state index is -0.161. The van der Waals surface area contributed by atoms with Gasteiger partial charge in [-0.25, -0.2) is 4.39 Å². The van der Waals surface area contributed by atoms with Crippen molar-refractivity contribution in [3.8, 4) is 0 Å².